The van der Waals surface area contributed by atoms with Gasteiger partial charge in [0, 0.05) is 68.5 Å². The molecule has 2 aromatic carbocycles. The monoisotopic (exact) mass is 665 g/mol. The minimum absolute atomic E-state index is 0.0151. The van der Waals surface area contributed by atoms with Crippen molar-refractivity contribution in [2.24, 2.45) is 0 Å². The van der Waals surface area contributed by atoms with Gasteiger partial charge in [-0.2, -0.15) is 5.26 Å². The molecule has 1 atom stereocenters. The second-order valence-electron chi connectivity index (χ2n) is 13.6. The van der Waals surface area contributed by atoms with Gasteiger partial charge >= 0.3 is 0 Å². The first-order chi connectivity index (χ1) is 23.6. The van der Waals surface area contributed by atoms with E-state index in [4.69, 9.17) is 15.9 Å². The largest absolute Gasteiger partial charge is 0.457 e. The summed E-state index contributed by atoms with van der Waals surface area (Å²) in [5.41, 5.74) is 5.92. The van der Waals surface area contributed by atoms with Crippen molar-refractivity contribution in [2.75, 3.05) is 50.3 Å². The highest BCUT2D eigenvalue weighted by Crippen LogP contribution is 2.30. The molecular formula is C37H44FN9O2. The van der Waals surface area contributed by atoms with Gasteiger partial charge in [-0.15, -0.1) is 0 Å². The van der Waals surface area contributed by atoms with Gasteiger partial charge in [-0.25, -0.2) is 14.4 Å². The first kappa shape index (κ1) is 34.0. The maximum absolute atomic E-state index is 15.4. The topological polar surface area (TPSA) is 147 Å². The SMILES string of the molecule is CC(C)(C=C(C#N)C(=O)N1CCCC(Nc2ncnc(N)c2C(=N)c2ccc(Oc3ccccc3)cc2F)C1)N1CCN(C2CCC2)CC1. The van der Waals surface area contributed by atoms with Crippen LogP contribution in [0.3, 0.4) is 0 Å². The third-order valence-electron chi connectivity index (χ3n) is 9.93. The Morgan fingerprint density at radius 2 is 1.82 bits per heavy atom. The number of carbonyl (C=O) groups excluding carboxylic acids is 1. The molecule has 1 unspecified atom stereocenters. The number of nitrogens with one attached hydrogen (secondary N) is 2. The van der Waals surface area contributed by atoms with E-state index in [1.807, 2.05) is 24.3 Å². The van der Waals surface area contributed by atoms with Crippen molar-refractivity contribution >= 4 is 23.3 Å². The fraction of sp³-hybridized carbons (Fsp3) is 0.432. The van der Waals surface area contributed by atoms with E-state index in [9.17, 15) is 10.1 Å². The van der Waals surface area contributed by atoms with E-state index in [2.05, 4.69) is 45.0 Å². The predicted octanol–water partition coefficient (Wildman–Crippen LogP) is 5.21. The third-order valence-corrected chi connectivity index (χ3v) is 9.93. The van der Waals surface area contributed by atoms with Crippen LogP contribution >= 0.6 is 0 Å². The number of hydrogen-bond donors (Lipinski definition) is 3. The minimum atomic E-state index is -0.652. The Bertz CT molecular complexity index is 1740. The summed E-state index contributed by atoms with van der Waals surface area (Å²) < 4.78 is 21.1. The number of para-hydroxylation sites is 1. The molecule has 3 heterocycles. The zero-order valence-electron chi connectivity index (χ0n) is 28.2. The van der Waals surface area contributed by atoms with Gasteiger partial charge < -0.3 is 20.7 Å². The van der Waals surface area contributed by atoms with Crippen LogP contribution in [0, 0.1) is 22.6 Å². The van der Waals surface area contributed by atoms with Crippen LogP contribution in [0.25, 0.3) is 0 Å². The number of aromatic nitrogens is 2. The summed E-state index contributed by atoms with van der Waals surface area (Å²) in [7, 11) is 0. The van der Waals surface area contributed by atoms with E-state index in [1.54, 1.807) is 23.1 Å². The molecule has 1 amide bonds. The van der Waals surface area contributed by atoms with Gasteiger partial charge in [0.15, 0.2) is 0 Å². The van der Waals surface area contributed by atoms with Crippen molar-refractivity contribution in [3.05, 3.63) is 83.5 Å². The zero-order valence-corrected chi connectivity index (χ0v) is 28.2. The van der Waals surface area contributed by atoms with Crippen molar-refractivity contribution in [3.63, 3.8) is 0 Å². The highest BCUT2D eigenvalue weighted by Gasteiger charge is 2.35. The molecule has 3 aromatic rings. The lowest BCUT2D eigenvalue weighted by Crippen LogP contribution is -2.57. The summed E-state index contributed by atoms with van der Waals surface area (Å²) in [5, 5.41) is 22.3. The summed E-state index contributed by atoms with van der Waals surface area (Å²) >= 11 is 0. The molecule has 2 saturated heterocycles. The van der Waals surface area contributed by atoms with Gasteiger partial charge in [0.25, 0.3) is 5.91 Å². The van der Waals surface area contributed by atoms with Gasteiger partial charge in [0.1, 0.15) is 46.9 Å². The number of ether oxygens (including phenoxy) is 1. The lowest BCUT2D eigenvalue weighted by Gasteiger charge is -2.47. The Hall–Kier alpha value is -4.86. The molecule has 1 aliphatic carbocycles. The maximum Gasteiger partial charge on any atom is 0.264 e. The number of nitrogens with two attached hydrogens (primary N) is 1. The first-order valence-corrected chi connectivity index (χ1v) is 17.0. The zero-order chi connectivity index (χ0) is 34.5. The normalized spacial score (nSPS) is 19.5. The molecule has 2 aliphatic heterocycles. The second-order valence-corrected chi connectivity index (χ2v) is 13.6. The summed E-state index contributed by atoms with van der Waals surface area (Å²) in [5.74, 6) is 0.213. The van der Waals surface area contributed by atoms with Gasteiger partial charge in [-0.05, 0) is 69.9 Å². The Balaban J connectivity index is 1.13. The smallest absolute Gasteiger partial charge is 0.264 e. The molecule has 49 heavy (non-hydrogen) atoms. The highest BCUT2D eigenvalue weighted by atomic mass is 19.1. The van der Waals surface area contributed by atoms with E-state index < -0.39 is 11.4 Å². The van der Waals surface area contributed by atoms with E-state index in [-0.39, 0.29) is 46.0 Å². The van der Waals surface area contributed by atoms with Crippen molar-refractivity contribution in [2.45, 2.75) is 63.6 Å². The molecular weight excluding hydrogens is 621 g/mol. The number of carbonyl (C=O) groups is 1. The van der Waals surface area contributed by atoms with Crippen molar-refractivity contribution in [1.29, 1.82) is 10.7 Å². The molecule has 3 fully saturated rings. The van der Waals surface area contributed by atoms with Crippen LogP contribution in [0.5, 0.6) is 11.5 Å². The number of benzene rings is 2. The molecule has 3 aliphatic rings. The van der Waals surface area contributed by atoms with E-state index in [0.29, 0.717) is 37.1 Å². The summed E-state index contributed by atoms with van der Waals surface area (Å²) in [6, 6.07) is 16.0. The molecule has 256 valence electrons. The molecule has 12 heteroatoms. The van der Waals surface area contributed by atoms with Crippen LogP contribution in [-0.4, -0.2) is 93.2 Å². The quantitative estimate of drug-likeness (QED) is 0.151. The molecule has 4 N–H and O–H groups in total. The summed E-state index contributed by atoms with van der Waals surface area (Å²) in [6.45, 7) is 8.80. The van der Waals surface area contributed by atoms with Crippen LogP contribution in [-0.2, 0) is 4.79 Å². The first-order valence-electron chi connectivity index (χ1n) is 17.0. The lowest BCUT2D eigenvalue weighted by atomic mass is 9.90. The van der Waals surface area contributed by atoms with Crippen LogP contribution in [0.2, 0.25) is 0 Å². The number of nitrogens with zero attached hydrogens (tertiary/aromatic N) is 6. The molecule has 6 rings (SSSR count). The molecule has 1 aromatic heterocycles. The van der Waals surface area contributed by atoms with E-state index >= 15 is 4.39 Å². The lowest BCUT2D eigenvalue weighted by molar-refractivity contribution is -0.127. The van der Waals surface area contributed by atoms with Gasteiger partial charge in [-0.1, -0.05) is 24.6 Å². The standard InChI is InChI=1S/C37H44FN9O2/c1-37(2,47-18-16-45(17-19-47)27-9-6-10-27)21-25(22-39)36(48)46-15-7-8-26(23-46)44-35-32(34(41)42-24-43-35)33(40)30-14-13-29(20-31(30)38)49-28-11-4-3-5-12-28/h3-5,11-14,20-21,24,26-27,40H,6-10,15-19,23H2,1-2H3,(H3,41,42,43,44). The number of likely N-dealkylation sites (tertiary alicyclic amines) is 1. The Kier molecular flexibility index (Phi) is 10.2. The number of piperazine rings is 1. The van der Waals surface area contributed by atoms with Crippen LogP contribution < -0.4 is 15.8 Å². The Morgan fingerprint density at radius 3 is 2.49 bits per heavy atom. The van der Waals surface area contributed by atoms with Crippen molar-refractivity contribution in [1.82, 2.24) is 24.7 Å². The average molecular weight is 666 g/mol. The molecule has 0 bridgehead atoms. The Labute approximate surface area is 287 Å². The number of anilines is 2. The number of nitrogen functional groups attached to an aromatic ring is 1. The third kappa shape index (κ3) is 7.74. The van der Waals surface area contributed by atoms with Gasteiger partial charge in [0.2, 0.25) is 0 Å². The summed E-state index contributed by atoms with van der Waals surface area (Å²) in [4.78, 5) is 28.8. The Morgan fingerprint density at radius 1 is 1.06 bits per heavy atom. The predicted molar refractivity (Wildman–Crippen MR) is 187 cm³/mol. The molecule has 1 saturated carbocycles. The van der Waals surface area contributed by atoms with Crippen molar-refractivity contribution in [3.8, 4) is 17.6 Å². The number of rotatable bonds is 10. The number of hydrogen-bond acceptors (Lipinski definition) is 10. The van der Waals surface area contributed by atoms with Crippen molar-refractivity contribution < 1.29 is 13.9 Å². The maximum atomic E-state index is 15.4. The number of piperidine rings is 1. The fourth-order valence-corrected chi connectivity index (χ4v) is 6.92. The van der Waals surface area contributed by atoms with Crippen LogP contribution in [0.1, 0.15) is 57.1 Å². The molecule has 0 radical (unpaired) electrons. The van der Waals surface area contributed by atoms with Gasteiger partial charge in [-0.3, -0.25) is 20.0 Å². The van der Waals surface area contributed by atoms with E-state index in [1.165, 1.54) is 37.7 Å². The number of amides is 1. The highest BCUT2D eigenvalue weighted by molar-refractivity contribution is 6.16. The van der Waals surface area contributed by atoms with Gasteiger partial charge in [0.05, 0.1) is 11.3 Å². The minimum Gasteiger partial charge on any atom is -0.457 e. The number of nitriles is 1. The van der Waals surface area contributed by atoms with E-state index in [0.717, 1.165) is 32.6 Å². The van der Waals surface area contributed by atoms with Crippen LogP contribution in [0.15, 0.2) is 66.5 Å². The number of halogens is 1. The fourth-order valence-electron chi connectivity index (χ4n) is 6.92. The van der Waals surface area contributed by atoms with Crippen LogP contribution in [0.4, 0.5) is 16.0 Å². The second kappa shape index (κ2) is 14.7. The molecule has 11 nitrogen and oxygen atoms in total. The molecule has 0 spiro atoms. The summed E-state index contributed by atoms with van der Waals surface area (Å²) in [6.07, 6.45) is 8.43. The average Bonchev–Trinajstić information content (AvgIpc) is 3.07.